The van der Waals surface area contributed by atoms with Crippen LogP contribution in [0.1, 0.15) is 11.1 Å². The normalized spacial score (nSPS) is 10.3. The van der Waals surface area contributed by atoms with E-state index in [1.807, 2.05) is 55.5 Å². The van der Waals surface area contributed by atoms with Gasteiger partial charge in [0.2, 0.25) is 5.91 Å². The van der Waals surface area contributed by atoms with E-state index in [4.69, 9.17) is 16.3 Å². The summed E-state index contributed by atoms with van der Waals surface area (Å²) in [4.78, 5) is 11.8. The summed E-state index contributed by atoms with van der Waals surface area (Å²) < 4.78 is 5.62. The van der Waals surface area contributed by atoms with Gasteiger partial charge in [0.15, 0.2) is 0 Å². The fourth-order valence-electron chi connectivity index (χ4n) is 1.92. The van der Waals surface area contributed by atoms with Gasteiger partial charge in [-0.3, -0.25) is 4.79 Å². The van der Waals surface area contributed by atoms with Crippen LogP contribution in [0.4, 0.5) is 0 Å². The molecule has 0 aliphatic heterocycles. The van der Waals surface area contributed by atoms with E-state index in [0.29, 0.717) is 23.9 Å². The molecule has 0 aromatic heterocycles. The lowest BCUT2D eigenvalue weighted by Gasteiger charge is -2.07. The summed E-state index contributed by atoms with van der Waals surface area (Å²) >= 11 is 7.47. The molecular formula is C18H20ClNO2S. The van der Waals surface area contributed by atoms with Crippen LogP contribution in [-0.2, 0) is 11.3 Å². The maximum absolute atomic E-state index is 11.8. The predicted octanol–water partition coefficient (Wildman–Crippen LogP) is 4.08. The molecule has 23 heavy (non-hydrogen) atoms. The molecule has 0 radical (unpaired) electrons. The maximum Gasteiger partial charge on any atom is 0.230 e. The van der Waals surface area contributed by atoms with Gasteiger partial charge in [-0.25, -0.2) is 0 Å². The quantitative estimate of drug-likeness (QED) is 0.730. The van der Waals surface area contributed by atoms with Gasteiger partial charge in [0.05, 0.1) is 12.4 Å². The summed E-state index contributed by atoms with van der Waals surface area (Å²) in [7, 11) is 0. The highest BCUT2D eigenvalue weighted by Crippen LogP contribution is 2.12. The Morgan fingerprint density at radius 1 is 1.22 bits per heavy atom. The van der Waals surface area contributed by atoms with Gasteiger partial charge in [-0.05, 0) is 36.8 Å². The van der Waals surface area contributed by atoms with E-state index in [-0.39, 0.29) is 5.91 Å². The van der Waals surface area contributed by atoms with E-state index < -0.39 is 0 Å². The van der Waals surface area contributed by atoms with Crippen LogP contribution in [0.2, 0.25) is 5.02 Å². The number of carbonyl (C=O) groups is 1. The molecule has 3 nitrogen and oxygen atoms in total. The van der Waals surface area contributed by atoms with Crippen molar-refractivity contribution in [3.8, 4) is 5.75 Å². The first kappa shape index (κ1) is 17.7. The molecule has 1 N–H and O–H groups in total. The number of nitrogens with one attached hydrogen (secondary N) is 1. The van der Waals surface area contributed by atoms with Gasteiger partial charge < -0.3 is 10.1 Å². The molecule has 5 heteroatoms. The molecule has 1 amide bonds. The van der Waals surface area contributed by atoms with Crippen LogP contribution in [0.5, 0.6) is 5.75 Å². The molecule has 0 saturated heterocycles. The summed E-state index contributed by atoms with van der Waals surface area (Å²) in [5.74, 6) is 2.09. The van der Waals surface area contributed by atoms with Crippen molar-refractivity contribution in [3.05, 3.63) is 64.7 Å². The highest BCUT2D eigenvalue weighted by atomic mass is 35.5. The van der Waals surface area contributed by atoms with Crippen LogP contribution in [0, 0.1) is 6.92 Å². The second-order valence-corrected chi connectivity index (χ2v) is 6.66. The molecular weight excluding hydrogens is 330 g/mol. The average Bonchev–Trinajstić information content (AvgIpc) is 2.54. The van der Waals surface area contributed by atoms with Crippen molar-refractivity contribution in [1.82, 2.24) is 5.32 Å². The Morgan fingerprint density at radius 3 is 2.74 bits per heavy atom. The fourth-order valence-corrected chi connectivity index (χ4v) is 2.76. The van der Waals surface area contributed by atoms with Crippen LogP contribution >= 0.6 is 23.4 Å². The lowest BCUT2D eigenvalue weighted by atomic mass is 10.2. The molecule has 0 bridgehead atoms. The zero-order chi connectivity index (χ0) is 16.5. The van der Waals surface area contributed by atoms with Gasteiger partial charge in [-0.15, -0.1) is 11.8 Å². The number of carbonyl (C=O) groups excluding carboxylic acids is 1. The Morgan fingerprint density at radius 2 is 2.00 bits per heavy atom. The average molecular weight is 350 g/mol. The molecule has 0 aliphatic carbocycles. The summed E-state index contributed by atoms with van der Waals surface area (Å²) in [6.45, 7) is 3.14. The van der Waals surface area contributed by atoms with Crippen molar-refractivity contribution < 1.29 is 9.53 Å². The van der Waals surface area contributed by atoms with Gasteiger partial charge >= 0.3 is 0 Å². The smallest absolute Gasteiger partial charge is 0.230 e. The SMILES string of the molecule is Cc1ccc(OCCSCC(=O)NCc2cccc(Cl)c2)cc1. The molecule has 2 aromatic carbocycles. The van der Waals surface area contributed by atoms with Crippen molar-refractivity contribution >= 4 is 29.3 Å². The minimum absolute atomic E-state index is 0.0188. The van der Waals surface area contributed by atoms with Crippen LogP contribution in [0.3, 0.4) is 0 Å². The summed E-state index contributed by atoms with van der Waals surface area (Å²) in [6.07, 6.45) is 0. The van der Waals surface area contributed by atoms with E-state index in [0.717, 1.165) is 17.1 Å². The van der Waals surface area contributed by atoms with Crippen LogP contribution < -0.4 is 10.1 Å². The van der Waals surface area contributed by atoms with Crippen molar-refractivity contribution in [2.24, 2.45) is 0 Å². The number of benzene rings is 2. The van der Waals surface area contributed by atoms with Crippen molar-refractivity contribution in [2.45, 2.75) is 13.5 Å². The molecule has 0 atom stereocenters. The summed E-state index contributed by atoms with van der Waals surface area (Å²) in [5.41, 5.74) is 2.21. The number of hydrogen-bond acceptors (Lipinski definition) is 3. The zero-order valence-corrected chi connectivity index (χ0v) is 14.6. The number of hydrogen-bond donors (Lipinski definition) is 1. The van der Waals surface area contributed by atoms with E-state index >= 15 is 0 Å². The topological polar surface area (TPSA) is 38.3 Å². The molecule has 0 spiro atoms. The molecule has 122 valence electrons. The third kappa shape index (κ3) is 6.97. The Labute approximate surface area is 146 Å². The first-order chi connectivity index (χ1) is 11.1. The fraction of sp³-hybridized carbons (Fsp3) is 0.278. The molecule has 0 saturated carbocycles. The molecule has 0 aliphatic rings. The molecule has 0 heterocycles. The first-order valence-electron chi connectivity index (χ1n) is 7.42. The number of rotatable bonds is 8. The maximum atomic E-state index is 11.8. The zero-order valence-electron chi connectivity index (χ0n) is 13.0. The van der Waals surface area contributed by atoms with Crippen LogP contribution in [-0.4, -0.2) is 24.0 Å². The molecule has 2 rings (SSSR count). The number of aryl methyl sites for hydroxylation is 1. The third-order valence-electron chi connectivity index (χ3n) is 3.13. The second kappa shape index (κ2) is 9.48. The second-order valence-electron chi connectivity index (χ2n) is 5.12. The number of ether oxygens (including phenoxy) is 1. The van der Waals surface area contributed by atoms with E-state index in [9.17, 15) is 4.79 Å². The van der Waals surface area contributed by atoms with Crippen molar-refractivity contribution in [2.75, 3.05) is 18.1 Å². The Bertz CT molecular complexity index is 631. The van der Waals surface area contributed by atoms with Gasteiger partial charge in [0, 0.05) is 17.3 Å². The highest BCUT2D eigenvalue weighted by Gasteiger charge is 2.02. The Balaban J connectivity index is 1.57. The van der Waals surface area contributed by atoms with Crippen molar-refractivity contribution in [1.29, 1.82) is 0 Å². The summed E-state index contributed by atoms with van der Waals surface area (Å²) in [5, 5.41) is 3.56. The lowest BCUT2D eigenvalue weighted by Crippen LogP contribution is -2.24. The lowest BCUT2D eigenvalue weighted by molar-refractivity contribution is -0.118. The van der Waals surface area contributed by atoms with Gasteiger partial charge in [-0.1, -0.05) is 41.4 Å². The predicted molar refractivity (Wildman–Crippen MR) is 97.3 cm³/mol. The Hall–Kier alpha value is -1.65. The Kier molecular flexibility index (Phi) is 7.30. The molecule has 2 aromatic rings. The minimum atomic E-state index is 0.0188. The van der Waals surface area contributed by atoms with Crippen LogP contribution in [0.25, 0.3) is 0 Å². The van der Waals surface area contributed by atoms with Crippen LogP contribution in [0.15, 0.2) is 48.5 Å². The first-order valence-corrected chi connectivity index (χ1v) is 8.95. The van der Waals surface area contributed by atoms with Crippen molar-refractivity contribution in [3.63, 3.8) is 0 Å². The van der Waals surface area contributed by atoms with Gasteiger partial charge in [-0.2, -0.15) is 0 Å². The van der Waals surface area contributed by atoms with Gasteiger partial charge in [0.25, 0.3) is 0 Å². The minimum Gasteiger partial charge on any atom is -0.493 e. The standard InChI is InChI=1S/C18H20ClNO2S/c1-14-5-7-17(8-6-14)22-9-10-23-13-18(21)20-12-15-3-2-4-16(19)11-15/h2-8,11H,9-10,12-13H2,1H3,(H,20,21). The number of halogens is 1. The van der Waals surface area contributed by atoms with E-state index in [1.165, 1.54) is 5.56 Å². The highest BCUT2D eigenvalue weighted by molar-refractivity contribution is 7.99. The summed E-state index contributed by atoms with van der Waals surface area (Å²) in [6, 6.07) is 15.4. The molecule has 0 unspecified atom stereocenters. The largest absolute Gasteiger partial charge is 0.493 e. The monoisotopic (exact) mass is 349 g/mol. The van der Waals surface area contributed by atoms with E-state index in [1.54, 1.807) is 11.8 Å². The number of amides is 1. The number of thioether (sulfide) groups is 1. The third-order valence-corrected chi connectivity index (χ3v) is 4.29. The van der Waals surface area contributed by atoms with Gasteiger partial charge in [0.1, 0.15) is 5.75 Å². The molecule has 0 fully saturated rings. The van der Waals surface area contributed by atoms with E-state index in [2.05, 4.69) is 5.32 Å².